The fourth-order valence-electron chi connectivity index (χ4n) is 1.04. The Hall–Kier alpha value is -2.84. The van der Waals surface area contributed by atoms with Crippen molar-refractivity contribution >= 4 is 23.8 Å². The molecule has 0 spiro atoms. The first kappa shape index (κ1) is 12.2. The third-order valence-corrected chi connectivity index (χ3v) is 1.72. The van der Waals surface area contributed by atoms with Crippen LogP contribution in [-0.2, 0) is 9.53 Å². The van der Waals surface area contributed by atoms with Crippen LogP contribution >= 0.6 is 0 Å². The standard InChI is InChI=1S/C8H4N2O7/c11-4-17-8(12)5-1-6(9(13)14)3-7(2-5)10(15)16/h1-4H. The summed E-state index contributed by atoms with van der Waals surface area (Å²) in [6, 6.07) is 2.25. The minimum Gasteiger partial charge on any atom is -0.392 e. The molecule has 0 fully saturated rings. The fourth-order valence-corrected chi connectivity index (χ4v) is 1.04. The van der Waals surface area contributed by atoms with Crippen LogP contribution in [0, 0.1) is 20.2 Å². The highest BCUT2D eigenvalue weighted by Crippen LogP contribution is 2.22. The number of rotatable bonds is 4. The van der Waals surface area contributed by atoms with Crippen molar-refractivity contribution in [1.29, 1.82) is 0 Å². The average molecular weight is 240 g/mol. The number of nitrogens with zero attached hydrogens (tertiary/aromatic N) is 2. The maximum Gasteiger partial charge on any atom is 0.346 e. The van der Waals surface area contributed by atoms with Gasteiger partial charge in [-0.25, -0.2) is 4.79 Å². The molecule has 1 aromatic carbocycles. The molecule has 1 aromatic rings. The summed E-state index contributed by atoms with van der Waals surface area (Å²) in [4.78, 5) is 40.2. The van der Waals surface area contributed by atoms with Crippen LogP contribution < -0.4 is 0 Å². The Morgan fingerprint density at radius 3 is 1.94 bits per heavy atom. The van der Waals surface area contributed by atoms with Gasteiger partial charge in [0.1, 0.15) is 0 Å². The van der Waals surface area contributed by atoms with E-state index in [4.69, 9.17) is 0 Å². The molecule has 17 heavy (non-hydrogen) atoms. The van der Waals surface area contributed by atoms with Crippen LogP contribution in [0.4, 0.5) is 11.4 Å². The van der Waals surface area contributed by atoms with E-state index in [1.54, 1.807) is 0 Å². The van der Waals surface area contributed by atoms with E-state index in [1.165, 1.54) is 0 Å². The van der Waals surface area contributed by atoms with Gasteiger partial charge in [0, 0.05) is 12.1 Å². The Bertz CT molecular complexity index is 478. The number of carbonyl (C=O) groups is 2. The average Bonchev–Trinajstić information content (AvgIpc) is 2.28. The Balaban J connectivity index is 3.30. The largest absolute Gasteiger partial charge is 0.392 e. The predicted molar refractivity (Wildman–Crippen MR) is 51.2 cm³/mol. The lowest BCUT2D eigenvalue weighted by Crippen LogP contribution is -2.05. The molecule has 9 heteroatoms. The molecular formula is C8H4N2O7. The van der Waals surface area contributed by atoms with Crippen molar-refractivity contribution in [3.05, 3.63) is 44.0 Å². The Morgan fingerprint density at radius 2 is 1.59 bits per heavy atom. The van der Waals surface area contributed by atoms with Crippen molar-refractivity contribution < 1.29 is 24.2 Å². The number of nitro benzene ring substituents is 2. The van der Waals surface area contributed by atoms with Gasteiger partial charge in [0.15, 0.2) is 0 Å². The summed E-state index contributed by atoms with van der Waals surface area (Å²) in [5.41, 5.74) is -1.73. The van der Waals surface area contributed by atoms with Gasteiger partial charge in [0.2, 0.25) is 0 Å². The molecule has 0 unspecified atom stereocenters. The number of carbonyl (C=O) groups excluding carboxylic acids is 2. The van der Waals surface area contributed by atoms with Gasteiger partial charge < -0.3 is 4.74 Å². The van der Waals surface area contributed by atoms with Gasteiger partial charge in [-0.05, 0) is 0 Å². The molecule has 0 saturated heterocycles. The minimum atomic E-state index is -1.20. The smallest absolute Gasteiger partial charge is 0.346 e. The van der Waals surface area contributed by atoms with E-state index >= 15 is 0 Å². The van der Waals surface area contributed by atoms with Crippen LogP contribution in [0.15, 0.2) is 18.2 Å². The zero-order valence-corrected chi connectivity index (χ0v) is 8.06. The summed E-state index contributed by atoms with van der Waals surface area (Å²) in [5.74, 6) is -1.20. The quantitative estimate of drug-likeness (QED) is 0.250. The minimum absolute atomic E-state index is 0.174. The summed E-state index contributed by atoms with van der Waals surface area (Å²) in [5, 5.41) is 20.9. The molecule has 0 heterocycles. The number of non-ortho nitro benzene ring substituents is 2. The third kappa shape index (κ3) is 2.81. The van der Waals surface area contributed by atoms with Crippen molar-refractivity contribution in [2.24, 2.45) is 0 Å². The summed E-state index contributed by atoms with van der Waals surface area (Å²) in [7, 11) is 0. The normalized spacial score (nSPS) is 9.41. The van der Waals surface area contributed by atoms with Crippen LogP contribution in [0.25, 0.3) is 0 Å². The van der Waals surface area contributed by atoms with E-state index in [1.807, 2.05) is 0 Å². The molecule has 0 aliphatic carbocycles. The van der Waals surface area contributed by atoms with E-state index in [9.17, 15) is 29.8 Å². The van der Waals surface area contributed by atoms with Crippen LogP contribution in [-0.4, -0.2) is 22.3 Å². The highest BCUT2D eigenvalue weighted by atomic mass is 16.6. The van der Waals surface area contributed by atoms with Gasteiger partial charge in [-0.3, -0.25) is 25.0 Å². The molecule has 0 saturated carbocycles. The van der Waals surface area contributed by atoms with Gasteiger partial charge >= 0.3 is 12.4 Å². The van der Waals surface area contributed by atoms with Gasteiger partial charge in [-0.15, -0.1) is 0 Å². The highest BCUT2D eigenvalue weighted by Gasteiger charge is 2.20. The Kier molecular flexibility index (Phi) is 3.44. The lowest BCUT2D eigenvalue weighted by atomic mass is 10.2. The van der Waals surface area contributed by atoms with Crippen molar-refractivity contribution in [2.75, 3.05) is 0 Å². The van der Waals surface area contributed by atoms with Crippen molar-refractivity contribution in [3.8, 4) is 0 Å². The van der Waals surface area contributed by atoms with Crippen LogP contribution in [0.3, 0.4) is 0 Å². The van der Waals surface area contributed by atoms with Crippen molar-refractivity contribution in [1.82, 2.24) is 0 Å². The summed E-state index contributed by atoms with van der Waals surface area (Å²) in [6.07, 6.45) is 0. The maximum absolute atomic E-state index is 11.1. The zero-order chi connectivity index (χ0) is 13.0. The fraction of sp³-hybridized carbons (Fsp3) is 0. The molecule has 0 aliphatic heterocycles. The first-order chi connectivity index (χ1) is 7.95. The van der Waals surface area contributed by atoms with E-state index < -0.39 is 32.8 Å². The molecule has 0 N–H and O–H groups in total. The Morgan fingerprint density at radius 1 is 1.12 bits per heavy atom. The van der Waals surface area contributed by atoms with Crippen LogP contribution in [0.2, 0.25) is 0 Å². The van der Waals surface area contributed by atoms with Crippen LogP contribution in [0.5, 0.6) is 0 Å². The van der Waals surface area contributed by atoms with Crippen molar-refractivity contribution in [2.45, 2.75) is 0 Å². The predicted octanol–water partition coefficient (Wildman–Crippen LogP) is 0.816. The first-order valence-electron chi connectivity index (χ1n) is 4.04. The van der Waals surface area contributed by atoms with Crippen LogP contribution in [0.1, 0.15) is 10.4 Å². The van der Waals surface area contributed by atoms with Gasteiger partial charge in [0.25, 0.3) is 11.4 Å². The van der Waals surface area contributed by atoms with E-state index in [2.05, 4.69) is 4.74 Å². The summed E-state index contributed by atoms with van der Waals surface area (Å²) < 4.78 is 3.93. The van der Waals surface area contributed by atoms with Gasteiger partial charge in [-0.1, -0.05) is 0 Å². The van der Waals surface area contributed by atoms with Gasteiger partial charge in [0.05, 0.1) is 21.5 Å². The summed E-state index contributed by atoms with van der Waals surface area (Å²) >= 11 is 0. The second kappa shape index (κ2) is 4.79. The SMILES string of the molecule is O=COC(=O)c1cc([N+](=O)[O-])cc([N+](=O)[O-])c1. The monoisotopic (exact) mass is 240 g/mol. The number of hydrogen-bond acceptors (Lipinski definition) is 7. The molecule has 1 rings (SSSR count). The molecule has 0 aromatic heterocycles. The lowest BCUT2D eigenvalue weighted by molar-refractivity contribution is -0.394. The van der Waals surface area contributed by atoms with Gasteiger partial charge in [-0.2, -0.15) is 0 Å². The first-order valence-corrected chi connectivity index (χ1v) is 4.04. The Labute approximate surface area is 92.9 Å². The number of esters is 1. The van der Waals surface area contributed by atoms with Crippen molar-refractivity contribution in [3.63, 3.8) is 0 Å². The molecule has 0 aliphatic rings. The topological polar surface area (TPSA) is 130 Å². The number of benzene rings is 1. The number of ether oxygens (including phenoxy) is 1. The molecule has 0 radical (unpaired) electrons. The molecule has 0 bridgehead atoms. The second-order valence-corrected chi connectivity index (χ2v) is 2.75. The molecule has 0 amide bonds. The molecule has 9 nitrogen and oxygen atoms in total. The highest BCUT2D eigenvalue weighted by molar-refractivity contribution is 5.94. The number of hydrogen-bond donors (Lipinski definition) is 0. The number of nitro groups is 2. The maximum atomic E-state index is 11.1. The summed E-state index contributed by atoms with van der Waals surface area (Å²) in [6.45, 7) is -0.174. The van der Waals surface area contributed by atoms with E-state index in [0.717, 1.165) is 12.1 Å². The zero-order valence-electron chi connectivity index (χ0n) is 8.06. The third-order valence-electron chi connectivity index (χ3n) is 1.72. The second-order valence-electron chi connectivity index (χ2n) is 2.75. The van der Waals surface area contributed by atoms with E-state index in [-0.39, 0.29) is 6.47 Å². The van der Waals surface area contributed by atoms with E-state index in [0.29, 0.717) is 6.07 Å². The molecule has 0 atom stereocenters. The molecular weight excluding hydrogens is 236 g/mol. The lowest BCUT2D eigenvalue weighted by Gasteiger charge is -1.98. The molecule has 88 valence electrons.